The second kappa shape index (κ2) is 26.1. The number of hydrogen-bond acceptors (Lipinski definition) is 25. The molecule has 2 aromatic rings. The lowest BCUT2D eigenvalue weighted by molar-refractivity contribution is -0.311. The maximum absolute atomic E-state index is 13.0. The van der Waals surface area contributed by atoms with E-state index in [1.54, 1.807) is 12.2 Å². The third kappa shape index (κ3) is 13.6. The summed E-state index contributed by atoms with van der Waals surface area (Å²) in [6.07, 6.45) is -21.4. The van der Waals surface area contributed by atoms with E-state index in [-0.39, 0.29) is 40.9 Å². The number of benzene rings is 2. The fourth-order valence-electron chi connectivity index (χ4n) is 7.79. The Morgan fingerprint density at radius 3 is 1.49 bits per heavy atom. The Morgan fingerprint density at radius 2 is 1.03 bits per heavy atom. The van der Waals surface area contributed by atoms with E-state index in [0.717, 1.165) is 0 Å². The van der Waals surface area contributed by atoms with Gasteiger partial charge in [-0.05, 0) is 41.8 Å². The third-order valence-corrected chi connectivity index (χ3v) is 11.7. The predicted molar refractivity (Wildman–Crippen MR) is 236 cm³/mol. The average Bonchev–Trinajstić information content (AvgIpc) is 3.35. The van der Waals surface area contributed by atoms with Crippen LogP contribution in [-0.4, -0.2) is 231 Å². The normalized spacial score (nSPS) is 31.5. The van der Waals surface area contributed by atoms with Gasteiger partial charge in [-0.25, -0.2) is 0 Å². The van der Waals surface area contributed by atoms with Gasteiger partial charge in [0, 0.05) is 5.56 Å². The highest BCUT2D eigenvalue weighted by molar-refractivity contribution is 5.73. The number of carbonyl (C=O) groups excluding carboxylic acids is 1. The molecule has 3 aliphatic heterocycles. The highest BCUT2D eigenvalue weighted by atomic mass is 16.7. The number of ether oxygens (including phenoxy) is 11. The first-order valence-electron chi connectivity index (χ1n) is 22.0. The Labute approximate surface area is 405 Å². The van der Waals surface area contributed by atoms with Crippen molar-refractivity contribution in [2.45, 2.75) is 117 Å². The number of aliphatic carboxylic acids is 1. The Kier molecular flexibility index (Phi) is 20.9. The highest BCUT2D eigenvalue weighted by Crippen LogP contribution is 2.45. The Balaban J connectivity index is 1.43. The molecule has 13 N–H and O–H groups in total. The summed E-state index contributed by atoms with van der Waals surface area (Å²) in [7, 11) is 5.23. The number of methoxy groups -OCH3 is 4. The zero-order valence-electron chi connectivity index (χ0n) is 38.8. The number of aliphatic hydroxyl groups excluding tert-OH is 12. The van der Waals surface area contributed by atoms with Gasteiger partial charge < -0.3 is 118 Å². The molecule has 16 atom stereocenters. The van der Waals surface area contributed by atoms with E-state index >= 15 is 0 Å². The number of rotatable bonds is 23. The number of carboxylic acid groups (broad SMARTS) is 1. The maximum Gasteiger partial charge on any atom is 0.308 e. The maximum atomic E-state index is 13.0. The lowest BCUT2D eigenvalue weighted by Crippen LogP contribution is -2.60. The summed E-state index contributed by atoms with van der Waals surface area (Å²) in [6, 6.07) is 4.54. The molecule has 0 aliphatic carbocycles. The molecule has 0 saturated carbocycles. The molecule has 0 bridgehead atoms. The van der Waals surface area contributed by atoms with Crippen molar-refractivity contribution < 1.29 is 128 Å². The predicted octanol–water partition coefficient (Wildman–Crippen LogP) is -4.06. The lowest BCUT2D eigenvalue weighted by atomic mass is 9.98. The van der Waals surface area contributed by atoms with Crippen LogP contribution < -0.4 is 28.4 Å². The fourth-order valence-corrected chi connectivity index (χ4v) is 7.79. The molecule has 3 aliphatic rings. The summed E-state index contributed by atoms with van der Waals surface area (Å²) < 4.78 is 61.7. The summed E-state index contributed by atoms with van der Waals surface area (Å²) in [5.74, 6) is -2.41. The second-order valence-electron chi connectivity index (χ2n) is 16.3. The Bertz CT molecular complexity index is 2090. The van der Waals surface area contributed by atoms with Crippen LogP contribution >= 0.6 is 0 Å². The first-order valence-corrected chi connectivity index (χ1v) is 22.0. The van der Waals surface area contributed by atoms with E-state index in [4.69, 9.17) is 52.1 Å². The van der Waals surface area contributed by atoms with Gasteiger partial charge >= 0.3 is 11.9 Å². The van der Waals surface area contributed by atoms with Gasteiger partial charge in [-0.2, -0.15) is 0 Å². The van der Waals surface area contributed by atoms with E-state index < -0.39 is 149 Å². The number of aliphatic hydroxyl groups is 12. The van der Waals surface area contributed by atoms with Gasteiger partial charge in [0.1, 0.15) is 79.9 Å². The molecule has 3 heterocycles. The SMILES string of the molecule is COc1cc(/C=C/Cc2c(/C=C/COC(=O)C[C@H](CC(=O)O)O[C@@H]3O[C@H](CO)[C@@H](O)[C@H](O)[C@H]3O)cc(OC)c(O[C@@H]3O[C@H](CO)[C@@H](O)[C@H](O)[C@H]3O)c2OC)cc(OC)c1O[C@@H]1O[C@H](CO)[C@@H](O)[C@H](O)[C@H]1O. The molecule has 26 nitrogen and oxygen atoms in total. The Morgan fingerprint density at radius 1 is 0.563 bits per heavy atom. The molecule has 0 unspecified atom stereocenters. The van der Waals surface area contributed by atoms with Gasteiger partial charge in [-0.1, -0.05) is 18.2 Å². The molecule has 3 saturated heterocycles. The average molecular weight is 1020 g/mol. The summed E-state index contributed by atoms with van der Waals surface area (Å²) in [6.45, 7) is -2.62. The van der Waals surface area contributed by atoms with Crippen molar-refractivity contribution in [2.24, 2.45) is 0 Å². The van der Waals surface area contributed by atoms with Gasteiger partial charge in [0.2, 0.25) is 24.1 Å². The molecule has 0 spiro atoms. The molecule has 398 valence electrons. The van der Waals surface area contributed by atoms with Gasteiger partial charge in [0.05, 0.1) is 67.2 Å². The number of hydrogen-bond donors (Lipinski definition) is 13. The van der Waals surface area contributed by atoms with E-state index in [9.17, 15) is 76.0 Å². The van der Waals surface area contributed by atoms with Crippen LogP contribution in [0.2, 0.25) is 0 Å². The minimum absolute atomic E-state index is 0.00268. The van der Waals surface area contributed by atoms with Gasteiger partial charge in [-0.15, -0.1) is 0 Å². The van der Waals surface area contributed by atoms with E-state index in [2.05, 4.69) is 0 Å². The number of carbonyl (C=O) groups is 2. The molecule has 26 heteroatoms. The van der Waals surface area contributed by atoms with Crippen LogP contribution in [0.25, 0.3) is 12.2 Å². The van der Waals surface area contributed by atoms with Crippen molar-refractivity contribution in [3.8, 4) is 34.5 Å². The first kappa shape index (κ1) is 56.9. The summed E-state index contributed by atoms with van der Waals surface area (Å²) in [5.41, 5.74) is 1.20. The summed E-state index contributed by atoms with van der Waals surface area (Å²) in [4.78, 5) is 24.6. The van der Waals surface area contributed by atoms with Gasteiger partial charge in [0.25, 0.3) is 0 Å². The van der Waals surface area contributed by atoms with Crippen LogP contribution in [0.3, 0.4) is 0 Å². The number of esters is 1. The zero-order chi connectivity index (χ0) is 52.3. The van der Waals surface area contributed by atoms with Crippen molar-refractivity contribution >= 4 is 24.1 Å². The fraction of sp³-hybridized carbons (Fsp3) is 0.600. The van der Waals surface area contributed by atoms with Crippen molar-refractivity contribution in [3.63, 3.8) is 0 Å². The van der Waals surface area contributed by atoms with Crippen LogP contribution in [-0.2, 0) is 39.7 Å². The van der Waals surface area contributed by atoms with Crippen LogP contribution in [0.4, 0.5) is 0 Å². The van der Waals surface area contributed by atoms with Gasteiger partial charge in [-0.3, -0.25) is 9.59 Å². The molecule has 3 fully saturated rings. The largest absolute Gasteiger partial charge is 0.493 e. The minimum atomic E-state index is -1.87. The summed E-state index contributed by atoms with van der Waals surface area (Å²) >= 11 is 0. The molecular weight excluding hydrogens is 956 g/mol. The van der Waals surface area contributed by atoms with Crippen LogP contribution in [0.1, 0.15) is 29.5 Å². The Hall–Kier alpha value is -4.98. The van der Waals surface area contributed by atoms with E-state index in [0.29, 0.717) is 16.7 Å². The van der Waals surface area contributed by atoms with Crippen molar-refractivity contribution in [1.82, 2.24) is 0 Å². The minimum Gasteiger partial charge on any atom is -0.493 e. The monoisotopic (exact) mass is 1020 g/mol. The quantitative estimate of drug-likeness (QED) is 0.0471. The molecule has 0 amide bonds. The van der Waals surface area contributed by atoms with Crippen LogP contribution in [0, 0.1) is 0 Å². The van der Waals surface area contributed by atoms with Crippen LogP contribution in [0.15, 0.2) is 30.4 Å². The van der Waals surface area contributed by atoms with Crippen LogP contribution in [0.5, 0.6) is 34.5 Å². The molecule has 71 heavy (non-hydrogen) atoms. The van der Waals surface area contributed by atoms with E-state index in [1.165, 1.54) is 58.8 Å². The number of allylic oxidation sites excluding steroid dienone is 1. The topological polar surface area (TPSA) is 399 Å². The van der Waals surface area contributed by atoms with E-state index in [1.807, 2.05) is 0 Å². The summed E-state index contributed by atoms with van der Waals surface area (Å²) in [5, 5.41) is 132. The lowest BCUT2D eigenvalue weighted by Gasteiger charge is -2.40. The molecule has 5 rings (SSSR count). The van der Waals surface area contributed by atoms with Gasteiger partial charge in [0.15, 0.2) is 29.3 Å². The molecule has 0 radical (unpaired) electrons. The zero-order valence-corrected chi connectivity index (χ0v) is 38.8. The number of carboxylic acids is 1. The molecular formula is C45H62O26. The first-order chi connectivity index (χ1) is 33.9. The standard InChI is InChI=1S/C45H62O26/c1-61-23-11-19(12-24(62-2)41(23)70-44-38(59)35(56)32(53)27(17-47)68-44)7-5-9-22-20(13-25(63-3)42(40(22)64-4)71-45-39(60)36(57)33(54)28(18-48)69-45)8-6-10-65-30(51)15-21(14-29(49)50)66-43-37(58)34(55)31(52)26(16-46)67-43/h5-8,11-13,21,26-28,31-39,43-48,52-60H,9-10,14-18H2,1-4H3,(H,49,50)/b7-5+,8-6+/t21-,26+,27+,28+,31+,32+,33+,34-,35-,36-,37+,38+,39+,43+,44-,45-/m0/s1. The van der Waals surface area contributed by atoms with Crippen molar-refractivity contribution in [2.75, 3.05) is 54.9 Å². The smallest absolute Gasteiger partial charge is 0.308 e. The van der Waals surface area contributed by atoms with Crippen molar-refractivity contribution in [3.05, 3.63) is 47.0 Å². The molecule has 0 aromatic heterocycles. The van der Waals surface area contributed by atoms with Crippen molar-refractivity contribution in [1.29, 1.82) is 0 Å². The highest BCUT2D eigenvalue weighted by Gasteiger charge is 2.48. The molecule has 2 aromatic carbocycles. The second-order valence-corrected chi connectivity index (χ2v) is 16.3. The third-order valence-electron chi connectivity index (χ3n) is 11.7.